The molecule has 1 aliphatic rings. The maximum absolute atomic E-state index is 5.90. The zero-order chi connectivity index (χ0) is 11.6. The standard InChI is InChI=1S/C14H19ClO/c1-11(2)14(7-8-16-10-14)9-12-3-5-13(15)6-4-12/h3-6,11H,7-10H2,1-2H3. The Hall–Kier alpha value is -0.530. The van der Waals surface area contributed by atoms with Gasteiger partial charge >= 0.3 is 0 Å². The van der Waals surface area contributed by atoms with E-state index in [9.17, 15) is 0 Å². The van der Waals surface area contributed by atoms with Crippen molar-refractivity contribution in [3.05, 3.63) is 34.9 Å². The Kier molecular flexibility index (Phi) is 3.56. The first-order valence-corrected chi connectivity index (χ1v) is 6.32. The molecule has 0 aliphatic carbocycles. The highest BCUT2D eigenvalue weighted by Crippen LogP contribution is 2.39. The van der Waals surface area contributed by atoms with E-state index in [1.54, 1.807) is 0 Å². The van der Waals surface area contributed by atoms with Crippen LogP contribution in [-0.4, -0.2) is 13.2 Å². The minimum atomic E-state index is 0.327. The number of halogens is 1. The number of rotatable bonds is 3. The summed E-state index contributed by atoms with van der Waals surface area (Å²) in [5.41, 5.74) is 1.69. The molecular formula is C14H19ClO. The molecule has 1 unspecified atom stereocenters. The van der Waals surface area contributed by atoms with Crippen LogP contribution in [0, 0.1) is 11.3 Å². The lowest BCUT2D eigenvalue weighted by molar-refractivity contribution is 0.119. The van der Waals surface area contributed by atoms with Gasteiger partial charge in [0.05, 0.1) is 6.61 Å². The fraction of sp³-hybridized carbons (Fsp3) is 0.571. The van der Waals surface area contributed by atoms with E-state index >= 15 is 0 Å². The van der Waals surface area contributed by atoms with E-state index in [-0.39, 0.29) is 0 Å². The second-order valence-corrected chi connectivity index (χ2v) is 5.56. The molecule has 2 rings (SSSR count). The van der Waals surface area contributed by atoms with Crippen molar-refractivity contribution in [2.24, 2.45) is 11.3 Å². The lowest BCUT2D eigenvalue weighted by atomic mass is 9.72. The van der Waals surface area contributed by atoms with E-state index in [1.165, 1.54) is 12.0 Å². The van der Waals surface area contributed by atoms with Crippen molar-refractivity contribution in [1.82, 2.24) is 0 Å². The third kappa shape index (κ3) is 2.41. The molecule has 0 bridgehead atoms. The van der Waals surface area contributed by atoms with Crippen LogP contribution < -0.4 is 0 Å². The molecule has 1 atom stereocenters. The van der Waals surface area contributed by atoms with Gasteiger partial charge in [0.2, 0.25) is 0 Å². The van der Waals surface area contributed by atoms with E-state index in [0.29, 0.717) is 11.3 Å². The van der Waals surface area contributed by atoms with Crippen molar-refractivity contribution < 1.29 is 4.74 Å². The number of hydrogen-bond acceptors (Lipinski definition) is 1. The second kappa shape index (κ2) is 4.77. The summed E-state index contributed by atoms with van der Waals surface area (Å²) in [7, 11) is 0. The van der Waals surface area contributed by atoms with Gasteiger partial charge in [-0.3, -0.25) is 0 Å². The highest BCUT2D eigenvalue weighted by Gasteiger charge is 2.37. The van der Waals surface area contributed by atoms with E-state index in [2.05, 4.69) is 26.0 Å². The first kappa shape index (κ1) is 11.9. The smallest absolute Gasteiger partial charge is 0.0528 e. The fourth-order valence-corrected chi connectivity index (χ4v) is 2.56. The minimum Gasteiger partial charge on any atom is -0.381 e. The van der Waals surface area contributed by atoms with Gasteiger partial charge in [-0.15, -0.1) is 0 Å². The summed E-state index contributed by atoms with van der Waals surface area (Å²) in [6, 6.07) is 8.21. The normalized spacial score (nSPS) is 25.2. The van der Waals surface area contributed by atoms with Gasteiger partial charge in [-0.2, -0.15) is 0 Å². The Morgan fingerprint density at radius 1 is 1.31 bits per heavy atom. The quantitative estimate of drug-likeness (QED) is 0.775. The van der Waals surface area contributed by atoms with Crippen molar-refractivity contribution in [3.63, 3.8) is 0 Å². The van der Waals surface area contributed by atoms with Gasteiger partial charge in [-0.1, -0.05) is 37.6 Å². The molecule has 1 saturated heterocycles. The minimum absolute atomic E-state index is 0.327. The highest BCUT2D eigenvalue weighted by molar-refractivity contribution is 6.30. The Labute approximate surface area is 103 Å². The molecule has 1 aromatic carbocycles. The zero-order valence-corrected chi connectivity index (χ0v) is 10.8. The maximum Gasteiger partial charge on any atom is 0.0528 e. The third-order valence-electron chi connectivity index (χ3n) is 3.83. The molecule has 0 amide bonds. The molecule has 1 aliphatic heterocycles. The largest absolute Gasteiger partial charge is 0.381 e. The molecule has 88 valence electrons. The van der Waals surface area contributed by atoms with Gasteiger partial charge in [0.25, 0.3) is 0 Å². The SMILES string of the molecule is CC(C)C1(Cc2ccc(Cl)cc2)CCOC1. The Morgan fingerprint density at radius 2 is 2.00 bits per heavy atom. The average molecular weight is 239 g/mol. The summed E-state index contributed by atoms with van der Waals surface area (Å²) < 4.78 is 5.59. The Bertz CT molecular complexity index is 336. The summed E-state index contributed by atoms with van der Waals surface area (Å²) in [5, 5.41) is 0.810. The van der Waals surface area contributed by atoms with Crippen LogP contribution in [0.2, 0.25) is 5.02 Å². The zero-order valence-electron chi connectivity index (χ0n) is 10.0. The molecule has 16 heavy (non-hydrogen) atoms. The van der Waals surface area contributed by atoms with Crippen molar-refractivity contribution in [2.45, 2.75) is 26.7 Å². The predicted octanol–water partition coefficient (Wildman–Crippen LogP) is 3.95. The van der Waals surface area contributed by atoms with Crippen molar-refractivity contribution in [3.8, 4) is 0 Å². The topological polar surface area (TPSA) is 9.23 Å². The molecule has 2 heteroatoms. The molecule has 0 radical (unpaired) electrons. The molecule has 0 aromatic heterocycles. The first-order chi connectivity index (χ1) is 7.62. The molecule has 0 N–H and O–H groups in total. The first-order valence-electron chi connectivity index (χ1n) is 5.95. The highest BCUT2D eigenvalue weighted by atomic mass is 35.5. The van der Waals surface area contributed by atoms with Crippen LogP contribution in [0.5, 0.6) is 0 Å². The predicted molar refractivity (Wildman–Crippen MR) is 67.9 cm³/mol. The van der Waals surface area contributed by atoms with Crippen molar-refractivity contribution in [1.29, 1.82) is 0 Å². The maximum atomic E-state index is 5.90. The fourth-order valence-electron chi connectivity index (χ4n) is 2.43. The lowest BCUT2D eigenvalue weighted by Gasteiger charge is -2.32. The van der Waals surface area contributed by atoms with Gasteiger partial charge in [0.15, 0.2) is 0 Å². The molecular weight excluding hydrogens is 220 g/mol. The van der Waals surface area contributed by atoms with Gasteiger partial charge in [-0.05, 0) is 36.5 Å². The summed E-state index contributed by atoms with van der Waals surface area (Å²) in [4.78, 5) is 0. The van der Waals surface area contributed by atoms with Crippen LogP contribution in [0.3, 0.4) is 0 Å². The summed E-state index contributed by atoms with van der Waals surface area (Å²) >= 11 is 5.90. The van der Waals surface area contributed by atoms with Crippen LogP contribution in [-0.2, 0) is 11.2 Å². The second-order valence-electron chi connectivity index (χ2n) is 5.12. The van der Waals surface area contributed by atoms with Crippen LogP contribution in [0.15, 0.2) is 24.3 Å². The Morgan fingerprint density at radius 3 is 2.50 bits per heavy atom. The molecule has 1 nitrogen and oxygen atoms in total. The lowest BCUT2D eigenvalue weighted by Crippen LogP contribution is -2.30. The van der Waals surface area contributed by atoms with E-state index in [0.717, 1.165) is 24.7 Å². The summed E-state index contributed by atoms with van der Waals surface area (Å²) in [5.74, 6) is 0.658. The summed E-state index contributed by atoms with van der Waals surface area (Å²) in [6.07, 6.45) is 2.27. The van der Waals surface area contributed by atoms with Crippen molar-refractivity contribution >= 4 is 11.6 Å². The average Bonchev–Trinajstić information content (AvgIpc) is 2.71. The molecule has 0 spiro atoms. The monoisotopic (exact) mass is 238 g/mol. The van der Waals surface area contributed by atoms with Crippen LogP contribution in [0.1, 0.15) is 25.8 Å². The van der Waals surface area contributed by atoms with Gasteiger partial charge in [0, 0.05) is 17.0 Å². The number of benzene rings is 1. The van der Waals surface area contributed by atoms with Crippen LogP contribution in [0.25, 0.3) is 0 Å². The number of ether oxygens (including phenoxy) is 1. The van der Waals surface area contributed by atoms with Crippen molar-refractivity contribution in [2.75, 3.05) is 13.2 Å². The van der Waals surface area contributed by atoms with E-state index in [1.807, 2.05) is 12.1 Å². The summed E-state index contributed by atoms with van der Waals surface area (Å²) in [6.45, 7) is 6.40. The molecule has 0 saturated carbocycles. The molecule has 1 fully saturated rings. The van der Waals surface area contributed by atoms with Gasteiger partial charge in [0.1, 0.15) is 0 Å². The van der Waals surface area contributed by atoms with Crippen LogP contribution >= 0.6 is 11.6 Å². The van der Waals surface area contributed by atoms with E-state index in [4.69, 9.17) is 16.3 Å². The van der Waals surface area contributed by atoms with Gasteiger partial charge < -0.3 is 4.74 Å². The molecule has 1 heterocycles. The Balaban J connectivity index is 2.14. The third-order valence-corrected chi connectivity index (χ3v) is 4.08. The van der Waals surface area contributed by atoms with Gasteiger partial charge in [-0.25, -0.2) is 0 Å². The van der Waals surface area contributed by atoms with E-state index < -0.39 is 0 Å². The number of hydrogen-bond donors (Lipinski definition) is 0. The molecule has 1 aromatic rings. The van der Waals surface area contributed by atoms with Crippen LogP contribution in [0.4, 0.5) is 0 Å².